The normalized spacial score (nSPS) is 23.7. The molecule has 0 radical (unpaired) electrons. The highest BCUT2D eigenvalue weighted by Gasteiger charge is 2.50. The van der Waals surface area contributed by atoms with Crippen LogP contribution in [-0.4, -0.2) is 46.2 Å². The number of fused-ring (bicyclic) bond motifs is 1. The zero-order chi connectivity index (χ0) is 20.7. The highest BCUT2D eigenvalue weighted by molar-refractivity contribution is 5.92. The van der Waals surface area contributed by atoms with Crippen molar-refractivity contribution in [1.29, 1.82) is 0 Å². The van der Waals surface area contributed by atoms with Crippen LogP contribution in [0, 0.1) is 31.6 Å². The molecular formula is C23H29N3O3. The van der Waals surface area contributed by atoms with Gasteiger partial charge in [-0.2, -0.15) is 0 Å². The van der Waals surface area contributed by atoms with Gasteiger partial charge in [0, 0.05) is 37.9 Å². The van der Waals surface area contributed by atoms with E-state index in [9.17, 15) is 9.59 Å². The smallest absolute Gasteiger partial charge is 0.291 e. The molecule has 0 unspecified atom stereocenters. The molecule has 0 saturated carbocycles. The minimum atomic E-state index is -0.0991. The summed E-state index contributed by atoms with van der Waals surface area (Å²) in [6.45, 7) is 10.0. The number of benzene rings is 1. The van der Waals surface area contributed by atoms with Crippen LogP contribution in [0.5, 0.6) is 0 Å². The van der Waals surface area contributed by atoms with Gasteiger partial charge in [0.1, 0.15) is 0 Å². The third-order valence-electron chi connectivity index (χ3n) is 6.30. The third kappa shape index (κ3) is 3.56. The number of nitrogens with zero attached hydrogens (tertiary/aromatic N) is 3. The molecule has 0 bridgehead atoms. The van der Waals surface area contributed by atoms with Crippen molar-refractivity contribution in [2.45, 2.75) is 40.2 Å². The predicted molar refractivity (Wildman–Crippen MR) is 109 cm³/mol. The maximum atomic E-state index is 13.1. The second-order valence-electron chi connectivity index (χ2n) is 8.85. The van der Waals surface area contributed by atoms with Crippen molar-refractivity contribution in [3.63, 3.8) is 0 Å². The van der Waals surface area contributed by atoms with Gasteiger partial charge in [0.15, 0.2) is 6.39 Å². The Balaban J connectivity index is 1.62. The van der Waals surface area contributed by atoms with Crippen molar-refractivity contribution in [3.05, 3.63) is 53.2 Å². The SMILES string of the molecule is Cc1ccccc1[C@@H]1[C@H]2CN(C(=O)c3ocnc3C)C[C@H]2CN1C(=O)CC(C)C. The van der Waals surface area contributed by atoms with E-state index in [-0.39, 0.29) is 29.7 Å². The van der Waals surface area contributed by atoms with E-state index >= 15 is 0 Å². The highest BCUT2D eigenvalue weighted by atomic mass is 16.3. The summed E-state index contributed by atoms with van der Waals surface area (Å²) in [5.41, 5.74) is 3.01. The average molecular weight is 396 g/mol. The van der Waals surface area contributed by atoms with E-state index in [0.717, 1.165) is 0 Å². The first-order valence-corrected chi connectivity index (χ1v) is 10.4. The largest absolute Gasteiger partial charge is 0.438 e. The molecule has 29 heavy (non-hydrogen) atoms. The van der Waals surface area contributed by atoms with Gasteiger partial charge in [0.05, 0.1) is 11.7 Å². The van der Waals surface area contributed by atoms with E-state index in [1.165, 1.54) is 17.5 Å². The zero-order valence-corrected chi connectivity index (χ0v) is 17.6. The van der Waals surface area contributed by atoms with Crippen LogP contribution < -0.4 is 0 Å². The number of oxazole rings is 1. The quantitative estimate of drug-likeness (QED) is 0.793. The second-order valence-corrected chi connectivity index (χ2v) is 8.85. The number of aryl methyl sites for hydroxylation is 2. The molecule has 4 rings (SSSR count). The lowest BCUT2D eigenvalue weighted by molar-refractivity contribution is -0.133. The first-order valence-electron chi connectivity index (χ1n) is 10.4. The van der Waals surface area contributed by atoms with Gasteiger partial charge in [-0.3, -0.25) is 9.59 Å². The van der Waals surface area contributed by atoms with Crippen LogP contribution >= 0.6 is 0 Å². The second kappa shape index (κ2) is 7.65. The molecule has 2 aliphatic rings. The summed E-state index contributed by atoms with van der Waals surface area (Å²) < 4.78 is 5.33. The number of carbonyl (C=O) groups excluding carboxylic acids is 2. The first kappa shape index (κ1) is 19.7. The van der Waals surface area contributed by atoms with Gasteiger partial charge in [-0.15, -0.1) is 0 Å². The van der Waals surface area contributed by atoms with Crippen molar-refractivity contribution >= 4 is 11.8 Å². The van der Waals surface area contributed by atoms with Gasteiger partial charge in [-0.1, -0.05) is 38.1 Å². The van der Waals surface area contributed by atoms with E-state index in [1.807, 2.05) is 17.0 Å². The molecule has 2 fully saturated rings. The lowest BCUT2D eigenvalue weighted by atomic mass is 9.87. The number of likely N-dealkylation sites (tertiary alicyclic amines) is 2. The van der Waals surface area contributed by atoms with Crippen LogP contribution in [0.4, 0.5) is 0 Å². The maximum absolute atomic E-state index is 13.1. The van der Waals surface area contributed by atoms with Gasteiger partial charge in [0.25, 0.3) is 5.91 Å². The minimum Gasteiger partial charge on any atom is -0.438 e. The van der Waals surface area contributed by atoms with Crippen LogP contribution in [-0.2, 0) is 4.79 Å². The fraction of sp³-hybridized carbons (Fsp3) is 0.522. The minimum absolute atomic E-state index is 0.0149. The molecule has 3 atom stereocenters. The van der Waals surface area contributed by atoms with Crippen molar-refractivity contribution < 1.29 is 14.0 Å². The van der Waals surface area contributed by atoms with E-state index < -0.39 is 0 Å². The highest BCUT2D eigenvalue weighted by Crippen LogP contribution is 2.46. The maximum Gasteiger partial charge on any atom is 0.291 e. The number of hydrogen-bond acceptors (Lipinski definition) is 4. The van der Waals surface area contributed by atoms with Crippen LogP contribution in [0.1, 0.15) is 53.7 Å². The Morgan fingerprint density at radius 2 is 1.93 bits per heavy atom. The number of rotatable bonds is 4. The zero-order valence-electron chi connectivity index (χ0n) is 17.6. The number of amides is 2. The lowest BCUT2D eigenvalue weighted by Crippen LogP contribution is -2.38. The molecular weight excluding hydrogens is 366 g/mol. The van der Waals surface area contributed by atoms with E-state index in [4.69, 9.17) is 4.42 Å². The van der Waals surface area contributed by atoms with Gasteiger partial charge < -0.3 is 14.2 Å². The molecule has 6 nitrogen and oxygen atoms in total. The number of hydrogen-bond donors (Lipinski definition) is 0. The first-order chi connectivity index (χ1) is 13.9. The number of aromatic nitrogens is 1. The molecule has 2 aliphatic heterocycles. The molecule has 0 spiro atoms. The van der Waals surface area contributed by atoms with Crippen LogP contribution in [0.3, 0.4) is 0 Å². The van der Waals surface area contributed by atoms with E-state index in [0.29, 0.717) is 43.4 Å². The Bertz CT molecular complexity index is 920. The summed E-state index contributed by atoms with van der Waals surface area (Å²) in [4.78, 5) is 34.0. The van der Waals surface area contributed by atoms with Gasteiger partial charge in [0.2, 0.25) is 11.7 Å². The van der Waals surface area contributed by atoms with Gasteiger partial charge >= 0.3 is 0 Å². The topological polar surface area (TPSA) is 66.7 Å². The Morgan fingerprint density at radius 3 is 2.59 bits per heavy atom. The van der Waals surface area contributed by atoms with Crippen LogP contribution in [0.2, 0.25) is 0 Å². The summed E-state index contributed by atoms with van der Waals surface area (Å²) in [5, 5.41) is 0. The fourth-order valence-electron chi connectivity index (χ4n) is 4.90. The fourth-order valence-corrected chi connectivity index (χ4v) is 4.90. The Hall–Kier alpha value is -2.63. The van der Waals surface area contributed by atoms with Crippen molar-refractivity contribution in [1.82, 2.24) is 14.8 Å². The Morgan fingerprint density at radius 1 is 1.17 bits per heavy atom. The van der Waals surface area contributed by atoms with Gasteiger partial charge in [-0.05, 0) is 30.9 Å². The summed E-state index contributed by atoms with van der Waals surface area (Å²) >= 11 is 0. The Labute approximate surface area is 171 Å². The molecule has 2 saturated heterocycles. The molecule has 154 valence electrons. The molecule has 1 aromatic carbocycles. The van der Waals surface area contributed by atoms with Crippen LogP contribution in [0.25, 0.3) is 0 Å². The molecule has 2 amide bonds. The molecule has 0 aliphatic carbocycles. The summed E-state index contributed by atoms with van der Waals surface area (Å²) in [6, 6.07) is 8.31. The monoisotopic (exact) mass is 395 g/mol. The van der Waals surface area contributed by atoms with E-state index in [2.05, 4.69) is 42.8 Å². The molecule has 6 heteroatoms. The Kier molecular flexibility index (Phi) is 5.19. The van der Waals surface area contributed by atoms with Crippen molar-refractivity contribution in [2.24, 2.45) is 17.8 Å². The van der Waals surface area contributed by atoms with E-state index in [1.54, 1.807) is 6.92 Å². The van der Waals surface area contributed by atoms with Crippen molar-refractivity contribution in [2.75, 3.05) is 19.6 Å². The summed E-state index contributed by atoms with van der Waals surface area (Å²) in [6.07, 6.45) is 1.88. The average Bonchev–Trinajstić information content (AvgIpc) is 3.35. The van der Waals surface area contributed by atoms with Crippen molar-refractivity contribution in [3.8, 4) is 0 Å². The molecule has 1 aromatic heterocycles. The molecule has 2 aromatic rings. The van der Waals surface area contributed by atoms with Gasteiger partial charge in [-0.25, -0.2) is 4.98 Å². The molecule has 0 N–H and O–H groups in total. The summed E-state index contributed by atoms with van der Waals surface area (Å²) in [7, 11) is 0. The predicted octanol–water partition coefficient (Wildman–Crippen LogP) is 3.61. The molecule has 3 heterocycles. The summed E-state index contributed by atoms with van der Waals surface area (Å²) in [5.74, 6) is 1.28. The third-order valence-corrected chi connectivity index (χ3v) is 6.30. The number of carbonyl (C=O) groups is 2. The standard InChI is InChI=1S/C23H29N3O3/c1-14(2)9-20(27)26-11-17-10-25(23(28)22-16(4)24-13-29-22)12-19(17)21(26)18-8-6-5-7-15(18)3/h5-8,13-14,17,19,21H,9-12H2,1-4H3/t17-,19-,21+/m0/s1. The van der Waals surface area contributed by atoms with Crippen LogP contribution in [0.15, 0.2) is 35.1 Å². The lowest BCUT2D eigenvalue weighted by Gasteiger charge is -2.31.